The van der Waals surface area contributed by atoms with Gasteiger partial charge in [0.05, 0.1) is 24.1 Å². The molecule has 0 unspecified atom stereocenters. The van der Waals surface area contributed by atoms with Crippen molar-refractivity contribution in [3.05, 3.63) is 11.1 Å². The molecule has 0 saturated carbocycles. The van der Waals surface area contributed by atoms with E-state index in [2.05, 4.69) is 27.8 Å². The third-order valence-electron chi connectivity index (χ3n) is 1.65. The molecule has 0 bridgehead atoms. The van der Waals surface area contributed by atoms with Crippen molar-refractivity contribution in [1.82, 2.24) is 5.32 Å². The van der Waals surface area contributed by atoms with Crippen LogP contribution in [0.4, 0.5) is 0 Å². The van der Waals surface area contributed by atoms with Crippen molar-refractivity contribution in [2.24, 2.45) is 0 Å². The number of amides is 1. The van der Waals surface area contributed by atoms with E-state index in [0.29, 0.717) is 13.2 Å². The molecule has 104 valence electrons. The smallest absolute Gasteiger partial charge is 0.308 e. The topological polar surface area (TPSA) is 64.6 Å². The van der Waals surface area contributed by atoms with Crippen LogP contribution in [0.2, 0.25) is 0 Å². The fourth-order valence-corrected chi connectivity index (χ4v) is 1.12. The quantitative estimate of drug-likeness (QED) is 0.441. The Morgan fingerprint density at radius 1 is 1.28 bits per heavy atom. The molecular weight excluding hydrogens is 302 g/mol. The number of carbonyl (C=O) groups is 2. The summed E-state index contributed by atoms with van der Waals surface area (Å²) in [6.45, 7) is 9.86. The number of hydrogen-bond acceptors (Lipinski definition) is 4. The zero-order chi connectivity index (χ0) is 14.2. The Morgan fingerprint density at radius 2 is 1.89 bits per heavy atom. The van der Waals surface area contributed by atoms with E-state index in [1.807, 2.05) is 20.8 Å². The van der Waals surface area contributed by atoms with Crippen LogP contribution in [-0.4, -0.2) is 37.2 Å². The molecule has 6 heteroatoms. The average Bonchev–Trinajstić information content (AvgIpc) is 2.19. The molecule has 0 fully saturated rings. The lowest BCUT2D eigenvalue weighted by Gasteiger charge is -2.19. The number of rotatable bonds is 7. The van der Waals surface area contributed by atoms with E-state index in [1.165, 1.54) is 0 Å². The summed E-state index contributed by atoms with van der Waals surface area (Å²) in [5, 5.41) is 2.58. The Morgan fingerprint density at radius 3 is 2.39 bits per heavy atom. The second kappa shape index (κ2) is 8.26. The first-order valence-corrected chi connectivity index (χ1v) is 6.44. The molecule has 18 heavy (non-hydrogen) atoms. The maximum Gasteiger partial charge on any atom is 0.308 e. The lowest BCUT2D eigenvalue weighted by atomic mass is 10.2. The average molecular weight is 322 g/mol. The molecule has 5 nitrogen and oxygen atoms in total. The Kier molecular flexibility index (Phi) is 7.86. The highest BCUT2D eigenvalue weighted by molar-refractivity contribution is 9.12. The minimum Gasteiger partial charge on any atom is -0.460 e. The van der Waals surface area contributed by atoms with Gasteiger partial charge in [0.25, 0.3) is 5.91 Å². The van der Waals surface area contributed by atoms with Gasteiger partial charge < -0.3 is 14.8 Å². The van der Waals surface area contributed by atoms with Crippen LogP contribution in [0.25, 0.3) is 0 Å². The zero-order valence-electron chi connectivity index (χ0n) is 11.0. The molecule has 0 radical (unpaired) electrons. The first-order valence-electron chi connectivity index (χ1n) is 5.64. The molecule has 1 amide bonds. The standard InChI is InChI=1S/C12H20BrNO4/c1-9(13)11(16)14-6-8-17-7-5-10(15)18-12(2,3)4/h1,5-8H2,2-4H3,(H,14,16). The summed E-state index contributed by atoms with van der Waals surface area (Å²) in [5.41, 5.74) is -0.471. The summed E-state index contributed by atoms with van der Waals surface area (Å²) in [5.74, 6) is -0.564. The molecule has 0 aromatic carbocycles. The Balaban J connectivity index is 3.49. The molecule has 0 rings (SSSR count). The monoisotopic (exact) mass is 321 g/mol. The van der Waals surface area contributed by atoms with Gasteiger partial charge >= 0.3 is 5.97 Å². The second-order valence-corrected chi connectivity index (χ2v) is 5.57. The lowest BCUT2D eigenvalue weighted by molar-refractivity contribution is -0.156. The lowest BCUT2D eigenvalue weighted by Crippen LogP contribution is -2.27. The minimum absolute atomic E-state index is 0.205. The SMILES string of the molecule is C=C(Br)C(=O)NCCOCCC(=O)OC(C)(C)C. The maximum atomic E-state index is 11.3. The molecular formula is C12H20BrNO4. The van der Waals surface area contributed by atoms with Gasteiger partial charge in [-0.25, -0.2) is 0 Å². The fraction of sp³-hybridized carbons (Fsp3) is 0.667. The van der Waals surface area contributed by atoms with Gasteiger partial charge in [0.15, 0.2) is 0 Å². The molecule has 0 spiro atoms. The number of ether oxygens (including phenoxy) is 2. The van der Waals surface area contributed by atoms with E-state index < -0.39 is 5.60 Å². The van der Waals surface area contributed by atoms with Crippen LogP contribution in [0, 0.1) is 0 Å². The summed E-state index contributed by atoms with van der Waals surface area (Å²) in [6.07, 6.45) is 0.205. The molecule has 0 aromatic rings. The summed E-state index contributed by atoms with van der Waals surface area (Å²) < 4.78 is 10.6. The van der Waals surface area contributed by atoms with Crippen molar-refractivity contribution in [3.8, 4) is 0 Å². The van der Waals surface area contributed by atoms with Gasteiger partial charge in [0, 0.05) is 6.54 Å². The van der Waals surface area contributed by atoms with Gasteiger partial charge in [0.2, 0.25) is 0 Å². The molecule has 0 aliphatic heterocycles. The van der Waals surface area contributed by atoms with E-state index >= 15 is 0 Å². The number of carbonyl (C=O) groups excluding carboxylic acids is 2. The van der Waals surface area contributed by atoms with Crippen molar-refractivity contribution in [2.45, 2.75) is 32.8 Å². The largest absolute Gasteiger partial charge is 0.460 e. The van der Waals surface area contributed by atoms with Crippen LogP contribution >= 0.6 is 15.9 Å². The van der Waals surface area contributed by atoms with E-state index in [0.717, 1.165) is 0 Å². The van der Waals surface area contributed by atoms with Crippen molar-refractivity contribution in [1.29, 1.82) is 0 Å². The van der Waals surface area contributed by atoms with Crippen molar-refractivity contribution in [3.63, 3.8) is 0 Å². The molecule has 0 aliphatic carbocycles. The van der Waals surface area contributed by atoms with Crippen LogP contribution in [0.3, 0.4) is 0 Å². The molecule has 0 heterocycles. The second-order valence-electron chi connectivity index (χ2n) is 4.61. The first-order chi connectivity index (χ1) is 8.22. The molecule has 0 aromatic heterocycles. The predicted octanol–water partition coefficient (Wildman–Crippen LogP) is 1.76. The molecule has 0 atom stereocenters. The molecule has 0 saturated heterocycles. The normalized spacial score (nSPS) is 10.9. The van der Waals surface area contributed by atoms with E-state index in [4.69, 9.17) is 9.47 Å². The Hall–Kier alpha value is -0.880. The van der Waals surface area contributed by atoms with Gasteiger partial charge in [-0.05, 0) is 36.7 Å². The number of hydrogen-bond donors (Lipinski definition) is 1. The summed E-state index contributed by atoms with van der Waals surface area (Å²) in [6, 6.07) is 0. The Labute approximate surface area is 116 Å². The van der Waals surface area contributed by atoms with E-state index in [9.17, 15) is 9.59 Å². The Bertz CT molecular complexity index is 310. The highest BCUT2D eigenvalue weighted by atomic mass is 79.9. The summed E-state index contributed by atoms with van der Waals surface area (Å²) >= 11 is 2.96. The predicted molar refractivity (Wildman–Crippen MR) is 72.4 cm³/mol. The first kappa shape index (κ1) is 17.1. The zero-order valence-corrected chi connectivity index (χ0v) is 12.6. The molecule has 1 N–H and O–H groups in total. The number of esters is 1. The van der Waals surface area contributed by atoms with Crippen molar-refractivity contribution < 1.29 is 19.1 Å². The fourth-order valence-electron chi connectivity index (χ4n) is 0.983. The van der Waals surface area contributed by atoms with Crippen LogP contribution in [0.1, 0.15) is 27.2 Å². The number of nitrogens with one attached hydrogen (secondary N) is 1. The minimum atomic E-state index is -0.471. The highest BCUT2D eigenvalue weighted by Crippen LogP contribution is 2.07. The van der Waals surface area contributed by atoms with Gasteiger partial charge in [-0.1, -0.05) is 6.58 Å². The summed E-state index contributed by atoms with van der Waals surface area (Å²) in [4.78, 5) is 22.4. The van der Waals surface area contributed by atoms with E-state index in [1.54, 1.807) is 0 Å². The van der Waals surface area contributed by atoms with Crippen molar-refractivity contribution in [2.75, 3.05) is 19.8 Å². The van der Waals surface area contributed by atoms with Gasteiger partial charge in [0.1, 0.15) is 5.60 Å². The third-order valence-corrected chi connectivity index (χ3v) is 2.01. The number of halogens is 1. The molecule has 0 aliphatic rings. The third kappa shape index (κ3) is 10.3. The van der Waals surface area contributed by atoms with Gasteiger partial charge in [-0.3, -0.25) is 9.59 Å². The van der Waals surface area contributed by atoms with Crippen molar-refractivity contribution >= 4 is 27.8 Å². The van der Waals surface area contributed by atoms with Crippen LogP contribution < -0.4 is 5.32 Å². The summed E-state index contributed by atoms with van der Waals surface area (Å²) in [7, 11) is 0. The van der Waals surface area contributed by atoms with E-state index in [-0.39, 0.29) is 29.4 Å². The van der Waals surface area contributed by atoms with Crippen LogP contribution in [0.15, 0.2) is 11.1 Å². The highest BCUT2D eigenvalue weighted by Gasteiger charge is 2.15. The van der Waals surface area contributed by atoms with Gasteiger partial charge in [-0.15, -0.1) is 0 Å². The van der Waals surface area contributed by atoms with Gasteiger partial charge in [-0.2, -0.15) is 0 Å². The maximum absolute atomic E-state index is 11.3. The van der Waals surface area contributed by atoms with Crippen LogP contribution in [0.5, 0.6) is 0 Å². The van der Waals surface area contributed by atoms with Crippen LogP contribution in [-0.2, 0) is 19.1 Å².